The maximum absolute atomic E-state index is 6.91. The van der Waals surface area contributed by atoms with Gasteiger partial charge in [0.2, 0.25) is 0 Å². The van der Waals surface area contributed by atoms with E-state index in [1.54, 1.807) is 11.3 Å². The fourth-order valence-corrected chi connectivity index (χ4v) is 10.3. The van der Waals surface area contributed by atoms with Gasteiger partial charge in [-0.1, -0.05) is 146 Å². The number of furan rings is 1. The number of hydrogen-bond donors (Lipinski definition) is 0. The quantitative estimate of drug-likeness (QED) is 0.174. The lowest BCUT2D eigenvalue weighted by Gasteiger charge is -2.15. The van der Waals surface area contributed by atoms with Gasteiger partial charge in [0.25, 0.3) is 0 Å². The smallest absolute Gasteiger partial charge is 0.170 e. The zero-order valence-corrected chi connectivity index (χ0v) is 33.4. The average Bonchev–Trinajstić information content (AvgIpc) is 3.99. The summed E-state index contributed by atoms with van der Waals surface area (Å²) in [5.41, 5.74) is 9.56. The van der Waals surface area contributed by atoms with Gasteiger partial charge in [-0.3, -0.25) is 0 Å². The fraction of sp³-hybridized carbons (Fsp3) is 0. The SMILES string of the molecule is c1ccc(-c2ccc(-c3nc(-c4ccc5c(c4)sc4ccccc45)nc(-c4c(-n5c6ccccc6c6cc7ccccc7cc65)ccc5c4oc4ccccc45)n3)cc2)cc1. The molecule has 0 saturated carbocycles. The van der Waals surface area contributed by atoms with Crippen LogP contribution in [0.5, 0.6) is 0 Å². The molecule has 0 spiro atoms. The molecule has 0 amide bonds. The number of hydrogen-bond acceptors (Lipinski definition) is 5. The number of benzene rings is 9. The molecular weight excluding hydrogens is 765 g/mol. The van der Waals surface area contributed by atoms with E-state index in [1.165, 1.54) is 41.7 Å². The van der Waals surface area contributed by atoms with Crippen LogP contribution in [0.4, 0.5) is 0 Å². The first-order valence-electron chi connectivity index (χ1n) is 20.4. The van der Waals surface area contributed by atoms with Gasteiger partial charge >= 0.3 is 0 Å². The van der Waals surface area contributed by atoms with Crippen molar-refractivity contribution in [3.05, 3.63) is 194 Å². The molecule has 0 aliphatic heterocycles. The lowest BCUT2D eigenvalue weighted by atomic mass is 10.0. The molecule has 4 heterocycles. The lowest BCUT2D eigenvalue weighted by molar-refractivity contribution is 0.669. The maximum Gasteiger partial charge on any atom is 0.170 e. The number of fused-ring (bicyclic) bond motifs is 10. The third kappa shape index (κ3) is 5.36. The van der Waals surface area contributed by atoms with Gasteiger partial charge in [0, 0.05) is 52.8 Å². The number of thiophene rings is 1. The molecule has 5 nitrogen and oxygen atoms in total. The summed E-state index contributed by atoms with van der Waals surface area (Å²) in [5, 5.41) is 9.25. The Kier molecular flexibility index (Phi) is 7.41. The Morgan fingerprint density at radius 3 is 1.84 bits per heavy atom. The topological polar surface area (TPSA) is 56.7 Å². The fourth-order valence-electron chi connectivity index (χ4n) is 9.15. The summed E-state index contributed by atoms with van der Waals surface area (Å²) in [5.74, 6) is 1.72. The zero-order chi connectivity index (χ0) is 40.0. The van der Waals surface area contributed by atoms with Crippen molar-refractivity contribution in [1.29, 1.82) is 0 Å². The first-order chi connectivity index (χ1) is 30.2. The molecule has 0 unspecified atom stereocenters. The molecule has 0 aliphatic carbocycles. The highest BCUT2D eigenvalue weighted by Crippen LogP contribution is 2.44. The van der Waals surface area contributed by atoms with Crippen molar-refractivity contribution >= 4 is 86.0 Å². The van der Waals surface area contributed by atoms with Crippen molar-refractivity contribution in [2.45, 2.75) is 0 Å². The minimum absolute atomic E-state index is 0.537. The van der Waals surface area contributed by atoms with E-state index in [9.17, 15) is 0 Å². The molecule has 9 aromatic carbocycles. The van der Waals surface area contributed by atoms with Crippen molar-refractivity contribution in [3.8, 4) is 51.0 Å². The number of nitrogens with zero attached hydrogens (tertiary/aromatic N) is 4. The minimum atomic E-state index is 0.537. The van der Waals surface area contributed by atoms with Crippen molar-refractivity contribution in [1.82, 2.24) is 19.5 Å². The monoisotopic (exact) mass is 796 g/mol. The first-order valence-corrected chi connectivity index (χ1v) is 21.2. The third-order valence-corrected chi connectivity index (χ3v) is 13.2. The van der Waals surface area contributed by atoms with E-state index in [-0.39, 0.29) is 0 Å². The van der Waals surface area contributed by atoms with Crippen LogP contribution < -0.4 is 0 Å². The Balaban J connectivity index is 1.12. The van der Waals surface area contributed by atoms with Gasteiger partial charge in [-0.25, -0.2) is 15.0 Å². The molecule has 4 aromatic heterocycles. The second-order valence-electron chi connectivity index (χ2n) is 15.6. The van der Waals surface area contributed by atoms with E-state index in [2.05, 4.69) is 180 Å². The molecule has 0 radical (unpaired) electrons. The normalized spacial score (nSPS) is 11.9. The van der Waals surface area contributed by atoms with Gasteiger partial charge in [0.1, 0.15) is 11.2 Å². The van der Waals surface area contributed by atoms with Gasteiger partial charge in [-0.2, -0.15) is 0 Å². The van der Waals surface area contributed by atoms with Crippen molar-refractivity contribution in [2.75, 3.05) is 0 Å². The number of aromatic nitrogens is 4. The summed E-state index contributed by atoms with van der Waals surface area (Å²) in [6, 6.07) is 68.5. The summed E-state index contributed by atoms with van der Waals surface area (Å²) in [6.07, 6.45) is 0. The van der Waals surface area contributed by atoms with Crippen LogP contribution in [0.15, 0.2) is 199 Å². The highest BCUT2D eigenvalue weighted by atomic mass is 32.1. The van der Waals surface area contributed by atoms with E-state index in [1.807, 2.05) is 18.2 Å². The van der Waals surface area contributed by atoms with Crippen LogP contribution >= 0.6 is 11.3 Å². The maximum atomic E-state index is 6.91. The summed E-state index contributed by atoms with van der Waals surface area (Å²) in [4.78, 5) is 16.1. The molecule has 0 saturated heterocycles. The van der Waals surface area contributed by atoms with Crippen LogP contribution in [0, 0.1) is 0 Å². The minimum Gasteiger partial charge on any atom is -0.455 e. The standard InChI is InChI=1S/C55H32N4OS/c1-2-12-33(13-3-1)34-22-24-35(25-23-34)53-56-54(38-26-27-42-41-18-8-11-21-49(41)61-50(42)32-38)58-55(57-53)51-46(29-28-43-40-17-7-10-20-48(40)60-52(43)51)59-45-19-9-6-16-39(45)44-30-36-14-4-5-15-37(36)31-47(44)59/h1-32H. The van der Waals surface area contributed by atoms with Crippen molar-refractivity contribution < 1.29 is 4.42 Å². The summed E-state index contributed by atoms with van der Waals surface area (Å²) in [7, 11) is 0. The second-order valence-corrected chi connectivity index (χ2v) is 16.6. The Bertz CT molecular complexity index is 3880. The van der Waals surface area contributed by atoms with E-state index in [0.717, 1.165) is 66.5 Å². The molecule has 0 aliphatic rings. The van der Waals surface area contributed by atoms with E-state index >= 15 is 0 Å². The second kappa shape index (κ2) is 13.3. The van der Waals surface area contributed by atoms with E-state index in [0.29, 0.717) is 17.5 Å². The lowest BCUT2D eigenvalue weighted by Crippen LogP contribution is -2.04. The molecule has 13 rings (SSSR count). The van der Waals surface area contributed by atoms with Gasteiger partial charge in [0.05, 0.1) is 22.3 Å². The first kappa shape index (κ1) is 34.0. The number of para-hydroxylation sites is 2. The molecule has 284 valence electrons. The van der Waals surface area contributed by atoms with Crippen LogP contribution in [-0.4, -0.2) is 19.5 Å². The summed E-state index contributed by atoms with van der Waals surface area (Å²) >= 11 is 1.79. The largest absolute Gasteiger partial charge is 0.455 e. The highest BCUT2D eigenvalue weighted by Gasteiger charge is 2.25. The highest BCUT2D eigenvalue weighted by molar-refractivity contribution is 7.25. The van der Waals surface area contributed by atoms with Gasteiger partial charge in [0.15, 0.2) is 17.5 Å². The van der Waals surface area contributed by atoms with Crippen LogP contribution in [-0.2, 0) is 0 Å². The zero-order valence-electron chi connectivity index (χ0n) is 32.6. The van der Waals surface area contributed by atoms with Crippen LogP contribution in [0.3, 0.4) is 0 Å². The third-order valence-electron chi connectivity index (χ3n) is 12.1. The molecular formula is C55H32N4OS. The van der Waals surface area contributed by atoms with Gasteiger partial charge in [-0.05, 0) is 70.4 Å². The number of rotatable bonds is 5. The van der Waals surface area contributed by atoms with Crippen molar-refractivity contribution in [3.63, 3.8) is 0 Å². The average molecular weight is 797 g/mol. The Hall–Kier alpha value is -7.93. The molecule has 6 heteroatoms. The molecule has 0 fully saturated rings. The predicted octanol–water partition coefficient (Wildman–Crippen LogP) is 15.1. The van der Waals surface area contributed by atoms with Gasteiger partial charge in [-0.15, -0.1) is 11.3 Å². The van der Waals surface area contributed by atoms with E-state index in [4.69, 9.17) is 19.4 Å². The van der Waals surface area contributed by atoms with E-state index < -0.39 is 0 Å². The van der Waals surface area contributed by atoms with Gasteiger partial charge < -0.3 is 8.98 Å². The van der Waals surface area contributed by atoms with Crippen molar-refractivity contribution in [2.24, 2.45) is 0 Å². The molecule has 13 aromatic rings. The van der Waals surface area contributed by atoms with Crippen LogP contribution in [0.25, 0.3) is 126 Å². The predicted molar refractivity (Wildman–Crippen MR) is 254 cm³/mol. The summed E-state index contributed by atoms with van der Waals surface area (Å²) < 4.78 is 11.7. The molecule has 0 bridgehead atoms. The van der Waals surface area contributed by atoms with Crippen LogP contribution in [0.1, 0.15) is 0 Å². The Labute approximate surface area is 353 Å². The molecule has 0 N–H and O–H groups in total. The Morgan fingerprint density at radius 2 is 0.984 bits per heavy atom. The molecule has 61 heavy (non-hydrogen) atoms. The molecule has 0 atom stereocenters. The van der Waals surface area contributed by atoms with Crippen LogP contribution in [0.2, 0.25) is 0 Å². The summed E-state index contributed by atoms with van der Waals surface area (Å²) in [6.45, 7) is 0. The Morgan fingerprint density at radius 1 is 0.377 bits per heavy atom.